The summed E-state index contributed by atoms with van der Waals surface area (Å²) in [6.07, 6.45) is 0. The summed E-state index contributed by atoms with van der Waals surface area (Å²) in [5.74, 6) is 5.62. The molecule has 0 unspecified atom stereocenters. The van der Waals surface area contributed by atoms with Crippen LogP contribution in [0.5, 0.6) is 0 Å². The van der Waals surface area contributed by atoms with Crippen LogP contribution in [0.25, 0.3) is 0 Å². The van der Waals surface area contributed by atoms with Crippen molar-refractivity contribution < 1.29 is 4.39 Å². The molecule has 2 aromatic rings. The van der Waals surface area contributed by atoms with Gasteiger partial charge in [-0.15, -0.1) is 0 Å². The lowest BCUT2D eigenvalue weighted by Crippen LogP contribution is -2.12. The number of hydrogen-bond donors (Lipinski definition) is 3. The van der Waals surface area contributed by atoms with Gasteiger partial charge in [0.1, 0.15) is 11.6 Å². The highest BCUT2D eigenvalue weighted by Crippen LogP contribution is 2.33. The third-order valence-corrected chi connectivity index (χ3v) is 3.17. The van der Waals surface area contributed by atoms with Gasteiger partial charge in [-0.05, 0) is 35.0 Å². The molecule has 0 radical (unpaired) electrons. The molecule has 1 aromatic heterocycles. The van der Waals surface area contributed by atoms with Gasteiger partial charge in [-0.3, -0.25) is 5.43 Å². The molecule has 19 heavy (non-hydrogen) atoms. The number of rotatable bonds is 3. The smallest absolute Gasteiger partial charge is 0.239 e. The third kappa shape index (κ3) is 3.31. The van der Waals surface area contributed by atoms with Crippen LogP contribution in [-0.2, 0) is 0 Å². The quantitative estimate of drug-likeness (QED) is 0.587. The Labute approximate surface area is 122 Å². The molecule has 5 nitrogen and oxygen atoms in total. The Bertz CT molecular complexity index is 599. The van der Waals surface area contributed by atoms with Crippen LogP contribution < -0.4 is 16.6 Å². The van der Waals surface area contributed by atoms with Crippen molar-refractivity contribution in [1.82, 2.24) is 9.97 Å². The van der Waals surface area contributed by atoms with Crippen molar-refractivity contribution >= 4 is 45.0 Å². The maximum absolute atomic E-state index is 13.1. The van der Waals surface area contributed by atoms with E-state index >= 15 is 0 Å². The minimum absolute atomic E-state index is 0.241. The van der Waals surface area contributed by atoms with Crippen LogP contribution in [0.3, 0.4) is 0 Å². The average molecular weight is 347 g/mol. The predicted molar refractivity (Wildman–Crippen MR) is 77.0 cm³/mol. The first kappa shape index (κ1) is 14.0. The number of hydrazine groups is 1. The Morgan fingerprint density at radius 2 is 2.05 bits per heavy atom. The van der Waals surface area contributed by atoms with Crippen molar-refractivity contribution in [3.8, 4) is 0 Å². The van der Waals surface area contributed by atoms with E-state index in [2.05, 4.69) is 36.6 Å². The normalized spacial score (nSPS) is 10.4. The first-order chi connectivity index (χ1) is 8.99. The van der Waals surface area contributed by atoms with E-state index < -0.39 is 5.82 Å². The zero-order chi connectivity index (χ0) is 14.0. The molecule has 8 heteroatoms. The predicted octanol–water partition coefficient (Wildman–Crippen LogP) is 3.37. The van der Waals surface area contributed by atoms with Gasteiger partial charge in [-0.1, -0.05) is 11.6 Å². The van der Waals surface area contributed by atoms with E-state index in [9.17, 15) is 4.39 Å². The van der Waals surface area contributed by atoms with Gasteiger partial charge in [0.25, 0.3) is 0 Å². The third-order valence-electron chi connectivity index (χ3n) is 2.24. The van der Waals surface area contributed by atoms with Gasteiger partial charge in [-0.25, -0.2) is 15.2 Å². The van der Waals surface area contributed by atoms with Gasteiger partial charge in [0.15, 0.2) is 0 Å². The topological polar surface area (TPSA) is 75.9 Å². The summed E-state index contributed by atoms with van der Waals surface area (Å²) in [6, 6.07) is 4.24. The maximum Gasteiger partial charge on any atom is 0.239 e. The fourth-order valence-electron chi connectivity index (χ4n) is 1.49. The number of anilines is 3. The molecule has 0 spiro atoms. The zero-order valence-corrected chi connectivity index (χ0v) is 12.2. The van der Waals surface area contributed by atoms with E-state index in [0.717, 1.165) is 5.69 Å². The number of nitrogens with one attached hydrogen (secondary N) is 2. The lowest BCUT2D eigenvalue weighted by Gasteiger charge is -2.11. The summed E-state index contributed by atoms with van der Waals surface area (Å²) in [4.78, 5) is 8.18. The molecule has 0 fully saturated rings. The molecule has 0 aliphatic carbocycles. The van der Waals surface area contributed by atoms with Crippen LogP contribution in [-0.4, -0.2) is 9.97 Å². The molecule has 0 saturated carbocycles. The van der Waals surface area contributed by atoms with Crippen LogP contribution in [0.15, 0.2) is 22.7 Å². The van der Waals surface area contributed by atoms with E-state index in [1.54, 1.807) is 13.0 Å². The number of halogens is 3. The highest BCUT2D eigenvalue weighted by molar-refractivity contribution is 9.10. The summed E-state index contributed by atoms with van der Waals surface area (Å²) in [5.41, 5.74) is 3.61. The maximum atomic E-state index is 13.1. The van der Waals surface area contributed by atoms with Crippen LogP contribution in [0, 0.1) is 12.7 Å². The largest absolute Gasteiger partial charge is 0.338 e. The van der Waals surface area contributed by atoms with Gasteiger partial charge >= 0.3 is 0 Å². The molecule has 0 saturated heterocycles. The van der Waals surface area contributed by atoms with Crippen molar-refractivity contribution in [2.24, 2.45) is 5.84 Å². The van der Waals surface area contributed by atoms with Gasteiger partial charge in [-0.2, -0.15) is 4.98 Å². The van der Waals surface area contributed by atoms with E-state index in [4.69, 9.17) is 17.4 Å². The lowest BCUT2D eigenvalue weighted by molar-refractivity contribution is 0.627. The van der Waals surface area contributed by atoms with E-state index in [1.165, 1.54) is 12.1 Å². The van der Waals surface area contributed by atoms with Crippen molar-refractivity contribution in [2.75, 3.05) is 10.7 Å². The lowest BCUT2D eigenvalue weighted by atomic mass is 10.3. The second-order valence-corrected chi connectivity index (χ2v) is 4.99. The number of nitrogens with two attached hydrogens (primary N) is 1. The average Bonchev–Trinajstić information content (AvgIpc) is 2.33. The van der Waals surface area contributed by atoms with Crippen LogP contribution in [0.4, 0.5) is 21.8 Å². The number of nitrogens with zero attached hydrogens (tertiary/aromatic N) is 2. The number of nitrogen functional groups attached to an aromatic ring is 1. The molecule has 0 aliphatic heterocycles. The Morgan fingerprint density at radius 1 is 1.32 bits per heavy atom. The SMILES string of the molecule is Cc1cc(Nc2c(Cl)cc(F)cc2Br)nc(NN)n1. The monoisotopic (exact) mass is 345 g/mol. The molecular formula is C11H10BrClFN5. The Balaban J connectivity index is 2.39. The van der Waals surface area contributed by atoms with E-state index in [0.29, 0.717) is 16.0 Å². The van der Waals surface area contributed by atoms with Gasteiger partial charge < -0.3 is 5.32 Å². The fourth-order valence-corrected chi connectivity index (χ4v) is 2.39. The van der Waals surface area contributed by atoms with E-state index in [-0.39, 0.29) is 11.0 Å². The van der Waals surface area contributed by atoms with Crippen molar-refractivity contribution in [1.29, 1.82) is 0 Å². The molecule has 0 aliphatic rings. The Kier molecular flexibility index (Phi) is 4.18. The number of aryl methyl sites for hydroxylation is 1. The summed E-state index contributed by atoms with van der Waals surface area (Å²) in [7, 11) is 0. The van der Waals surface area contributed by atoms with Crippen LogP contribution in [0.1, 0.15) is 5.69 Å². The Morgan fingerprint density at radius 3 is 2.68 bits per heavy atom. The molecular weight excluding hydrogens is 337 g/mol. The van der Waals surface area contributed by atoms with Gasteiger partial charge in [0.2, 0.25) is 5.95 Å². The molecule has 1 heterocycles. The Hall–Kier alpha value is -1.44. The molecule has 0 amide bonds. The van der Waals surface area contributed by atoms with Crippen LogP contribution >= 0.6 is 27.5 Å². The van der Waals surface area contributed by atoms with Crippen LogP contribution in [0.2, 0.25) is 5.02 Å². The molecule has 2 rings (SSSR count). The van der Waals surface area contributed by atoms with Crippen molar-refractivity contribution in [2.45, 2.75) is 6.92 Å². The number of benzene rings is 1. The molecule has 0 atom stereocenters. The summed E-state index contributed by atoms with van der Waals surface area (Å²) in [5, 5.41) is 3.23. The fraction of sp³-hybridized carbons (Fsp3) is 0.0909. The van der Waals surface area contributed by atoms with Crippen molar-refractivity contribution in [3.05, 3.63) is 39.2 Å². The van der Waals surface area contributed by atoms with Gasteiger partial charge in [0, 0.05) is 16.2 Å². The summed E-state index contributed by atoms with van der Waals surface area (Å²) in [6.45, 7) is 1.80. The van der Waals surface area contributed by atoms with E-state index in [1.807, 2.05) is 0 Å². The standard InChI is InChI=1S/C11H10BrClFN5/c1-5-2-9(18-11(16-5)19-15)17-10-7(12)3-6(14)4-8(10)13/h2-4H,15H2,1H3,(H2,16,17,18,19). The number of aromatic nitrogens is 2. The first-order valence-corrected chi connectivity index (χ1v) is 6.40. The molecule has 1 aromatic carbocycles. The molecule has 100 valence electrons. The van der Waals surface area contributed by atoms with Gasteiger partial charge in [0.05, 0.1) is 10.7 Å². The molecule has 4 N–H and O–H groups in total. The zero-order valence-electron chi connectivity index (χ0n) is 9.84. The molecule has 0 bridgehead atoms. The number of hydrogen-bond acceptors (Lipinski definition) is 5. The second kappa shape index (κ2) is 5.68. The second-order valence-electron chi connectivity index (χ2n) is 3.73. The summed E-state index contributed by atoms with van der Waals surface area (Å²) < 4.78 is 13.6. The highest BCUT2D eigenvalue weighted by atomic mass is 79.9. The summed E-state index contributed by atoms with van der Waals surface area (Å²) >= 11 is 9.22. The minimum Gasteiger partial charge on any atom is -0.338 e. The highest BCUT2D eigenvalue weighted by Gasteiger charge is 2.10. The minimum atomic E-state index is -0.425. The van der Waals surface area contributed by atoms with Crippen molar-refractivity contribution in [3.63, 3.8) is 0 Å². The first-order valence-electron chi connectivity index (χ1n) is 5.23.